The van der Waals surface area contributed by atoms with E-state index in [1.165, 1.54) is 116 Å². The maximum absolute atomic E-state index is 14.0. The lowest BCUT2D eigenvalue weighted by Crippen LogP contribution is -2.61. The maximum Gasteiger partial charge on any atom is 0.362 e. The minimum Gasteiger partial charge on any atom is -0.493 e. The third-order valence-electron chi connectivity index (χ3n) is 19.2. The molecular formula is C71H104N2O11+2. The molecule has 4 aliphatic rings. The number of benzene rings is 4. The second-order valence-electron chi connectivity index (χ2n) is 25.1. The number of unbranched alkanes of at least 4 members (excludes halogenated alkanes) is 22. The van der Waals surface area contributed by atoms with Crippen molar-refractivity contribution in [2.75, 3.05) is 48.5 Å². The van der Waals surface area contributed by atoms with Crippen LogP contribution in [0.5, 0.6) is 46.0 Å². The molecule has 2 N–H and O–H groups in total. The van der Waals surface area contributed by atoms with Gasteiger partial charge < -0.3 is 47.6 Å². The summed E-state index contributed by atoms with van der Waals surface area (Å²) in [6.45, 7) is 6.98. The number of quaternary nitrogens is 2. The fourth-order valence-electron chi connectivity index (χ4n) is 14.2. The highest BCUT2D eigenvalue weighted by atomic mass is 16.6. The molecule has 462 valence electrons. The predicted molar refractivity (Wildman–Crippen MR) is 334 cm³/mol. The highest BCUT2D eigenvalue weighted by Gasteiger charge is 2.51. The van der Waals surface area contributed by atoms with Crippen LogP contribution in [0.25, 0.3) is 0 Å². The molecule has 0 saturated heterocycles. The lowest BCUT2D eigenvalue weighted by atomic mass is 9.83. The molecule has 6 atom stereocenters. The summed E-state index contributed by atoms with van der Waals surface area (Å²) in [6, 6.07) is 17.6. The van der Waals surface area contributed by atoms with Crippen molar-refractivity contribution in [1.29, 1.82) is 0 Å². The van der Waals surface area contributed by atoms with Crippen LogP contribution in [0, 0.1) is 0 Å². The van der Waals surface area contributed by atoms with E-state index in [1.54, 1.807) is 21.3 Å². The Hall–Kier alpha value is -5.79. The molecule has 0 saturated carbocycles. The van der Waals surface area contributed by atoms with E-state index in [2.05, 4.69) is 40.1 Å². The Morgan fingerprint density at radius 2 is 0.964 bits per heavy atom. The van der Waals surface area contributed by atoms with E-state index in [1.807, 2.05) is 48.5 Å². The SMILES string of the molecule is CCCCCCCCCCCCCCC(C(=O)O)[N+]1(C)CCc2cc(OC)c3cc2C1Cc1ccc(cc1)Oc1cc(ccc1OC)CC1c2c(cc(OC)c(OC(C)=O)c2O3)CC[N+]1(C)C(CCCCCCCCCCCCCC)C(=O)O. The zero-order valence-electron chi connectivity index (χ0n) is 52.7. The summed E-state index contributed by atoms with van der Waals surface area (Å²) in [5.41, 5.74) is 5.53. The highest BCUT2D eigenvalue weighted by molar-refractivity contribution is 5.75. The fraction of sp³-hybridized carbons (Fsp3) is 0.620. The number of nitrogens with zero attached hydrogens (tertiary/aromatic N) is 2. The predicted octanol–water partition coefficient (Wildman–Crippen LogP) is 17.2. The first-order valence-corrected chi connectivity index (χ1v) is 32.6. The smallest absolute Gasteiger partial charge is 0.362 e. The van der Waals surface area contributed by atoms with Gasteiger partial charge in [-0.15, -0.1) is 0 Å². The van der Waals surface area contributed by atoms with Crippen LogP contribution in [0.15, 0.2) is 60.7 Å². The molecular weight excluding hydrogens is 1060 g/mol. The van der Waals surface area contributed by atoms with Crippen LogP contribution in [-0.4, -0.2) is 97.7 Å². The van der Waals surface area contributed by atoms with Gasteiger partial charge in [-0.2, -0.15) is 0 Å². The molecule has 8 rings (SSSR count). The molecule has 4 heterocycles. The Morgan fingerprint density at radius 3 is 1.45 bits per heavy atom. The van der Waals surface area contributed by atoms with Gasteiger partial charge >= 0.3 is 17.9 Å². The third-order valence-corrected chi connectivity index (χ3v) is 19.2. The van der Waals surface area contributed by atoms with Crippen LogP contribution in [0.4, 0.5) is 0 Å². The van der Waals surface area contributed by atoms with E-state index >= 15 is 0 Å². The summed E-state index contributed by atoms with van der Waals surface area (Å²) in [4.78, 5) is 41.2. The topological polar surface area (TPSA) is 147 Å². The Kier molecular flexibility index (Phi) is 25.5. The van der Waals surface area contributed by atoms with Gasteiger partial charge in [0.05, 0.1) is 54.1 Å². The summed E-state index contributed by atoms with van der Waals surface area (Å²) < 4.78 is 39.0. The molecule has 0 aromatic heterocycles. The van der Waals surface area contributed by atoms with Gasteiger partial charge in [0.15, 0.2) is 46.6 Å². The number of aliphatic carboxylic acids is 2. The molecule has 0 aliphatic carbocycles. The van der Waals surface area contributed by atoms with Gasteiger partial charge in [-0.05, 0) is 77.6 Å². The van der Waals surface area contributed by atoms with Crippen LogP contribution in [0.3, 0.4) is 0 Å². The molecule has 4 aromatic carbocycles. The molecule has 0 amide bonds. The van der Waals surface area contributed by atoms with Crippen molar-refractivity contribution in [2.24, 2.45) is 0 Å². The number of ether oxygens (including phenoxy) is 6. The Labute approximate surface area is 503 Å². The largest absolute Gasteiger partial charge is 0.493 e. The lowest BCUT2D eigenvalue weighted by molar-refractivity contribution is -0.956. The van der Waals surface area contributed by atoms with Crippen LogP contribution in [0.1, 0.15) is 233 Å². The van der Waals surface area contributed by atoms with Gasteiger partial charge in [0, 0.05) is 51.0 Å². The summed E-state index contributed by atoms with van der Waals surface area (Å²) in [7, 11) is 8.97. The fourth-order valence-corrected chi connectivity index (χ4v) is 14.2. The number of carboxylic acids is 2. The second kappa shape index (κ2) is 32.6. The number of methoxy groups -OCH3 is 3. The van der Waals surface area contributed by atoms with Gasteiger partial charge in [-0.25, -0.2) is 9.59 Å². The van der Waals surface area contributed by atoms with Gasteiger partial charge in [0.25, 0.3) is 0 Å². The molecule has 0 spiro atoms. The summed E-state index contributed by atoms with van der Waals surface area (Å²) >= 11 is 0. The van der Waals surface area contributed by atoms with E-state index in [0.717, 1.165) is 78.3 Å². The second-order valence-corrected chi connectivity index (χ2v) is 25.1. The van der Waals surface area contributed by atoms with Crippen LogP contribution in [-0.2, 0) is 40.1 Å². The van der Waals surface area contributed by atoms with E-state index < -0.39 is 36.0 Å². The number of carbonyl (C=O) groups excluding carboxylic acids is 1. The molecule has 4 aromatic rings. The minimum absolute atomic E-state index is 0.0908. The van der Waals surface area contributed by atoms with E-state index in [9.17, 15) is 24.6 Å². The minimum atomic E-state index is -0.857. The first-order chi connectivity index (χ1) is 40.7. The lowest BCUT2D eigenvalue weighted by Gasteiger charge is -2.49. The molecule has 0 radical (unpaired) electrons. The van der Waals surface area contributed by atoms with Crippen LogP contribution < -0.4 is 28.4 Å². The quantitative estimate of drug-likeness (QED) is 0.0199. The standard InChI is InChI=1S/C71H102N2O11/c1-9-11-13-15-17-19-21-23-25-27-29-31-33-58(70(75)76)72(4)43-41-54-48-63(80-7)65-50-57(54)60(72)45-52-35-38-56(39-36-52)83-64-47-53(37-40-62(64)79-6)46-61-67-55(49-66(81-8)68(69(67)84-65)82-51(3)74)42-44-73(61,5)59(71(77)78)34-32-30-28-26-24-22-20-18-16-14-12-10-2/h35-40,47-50,58-61H,9-34,41-46H2,1-8H3/p+2. The van der Waals surface area contributed by atoms with Crippen molar-refractivity contribution in [2.45, 2.75) is 238 Å². The summed E-state index contributed by atoms with van der Waals surface area (Å²) in [6.07, 6.45) is 31.7. The average Bonchev–Trinajstić information content (AvgIpc) is 2.10. The van der Waals surface area contributed by atoms with Crippen LogP contribution in [0.2, 0.25) is 0 Å². The number of hydrogen-bond donors (Lipinski definition) is 2. The first kappa shape index (κ1) is 65.7. The molecule has 6 unspecified atom stereocenters. The Bertz CT molecular complexity index is 2740. The molecule has 13 nitrogen and oxygen atoms in total. The molecule has 13 heteroatoms. The monoisotopic (exact) mass is 1160 g/mol. The van der Waals surface area contributed by atoms with Gasteiger partial charge in [-0.1, -0.05) is 173 Å². The number of hydrogen-bond acceptors (Lipinski definition) is 9. The number of carboxylic acid groups (broad SMARTS) is 2. The number of carbonyl (C=O) groups is 3. The van der Waals surface area contributed by atoms with Gasteiger partial charge in [-0.3, -0.25) is 4.79 Å². The number of rotatable bonds is 34. The van der Waals surface area contributed by atoms with Gasteiger partial charge in [0.2, 0.25) is 5.75 Å². The average molecular weight is 1160 g/mol. The Morgan fingerprint density at radius 1 is 0.524 bits per heavy atom. The molecule has 0 fully saturated rings. The van der Waals surface area contributed by atoms with Crippen molar-refractivity contribution in [3.8, 4) is 46.0 Å². The van der Waals surface area contributed by atoms with Crippen molar-refractivity contribution in [3.63, 3.8) is 0 Å². The summed E-state index contributed by atoms with van der Waals surface area (Å²) in [5.74, 6) is 0.928. The van der Waals surface area contributed by atoms with E-state index in [-0.39, 0.29) is 26.5 Å². The van der Waals surface area contributed by atoms with Crippen LogP contribution >= 0.6 is 0 Å². The van der Waals surface area contributed by atoms with E-state index in [4.69, 9.17) is 28.4 Å². The first-order valence-electron chi connectivity index (χ1n) is 32.6. The normalized spacial score (nSPS) is 19.6. The number of likely N-dealkylation sites (N-methyl/N-ethyl adjacent to an activating group) is 2. The van der Waals surface area contributed by atoms with E-state index in [0.29, 0.717) is 86.1 Å². The van der Waals surface area contributed by atoms with Crippen molar-refractivity contribution in [1.82, 2.24) is 0 Å². The van der Waals surface area contributed by atoms with Crippen molar-refractivity contribution >= 4 is 17.9 Å². The molecule has 6 bridgehead atoms. The van der Waals surface area contributed by atoms with Crippen molar-refractivity contribution in [3.05, 3.63) is 94.0 Å². The van der Waals surface area contributed by atoms with Gasteiger partial charge in [0.1, 0.15) is 17.8 Å². The number of fused-ring (bicyclic) bond motifs is 2. The Balaban J connectivity index is 1.29. The third kappa shape index (κ3) is 17.0. The van der Waals surface area contributed by atoms with Crippen molar-refractivity contribution < 1.29 is 62.0 Å². The number of esters is 1. The zero-order valence-corrected chi connectivity index (χ0v) is 52.7. The molecule has 84 heavy (non-hydrogen) atoms. The highest BCUT2D eigenvalue weighted by Crippen LogP contribution is 2.55. The molecule has 4 aliphatic heterocycles. The zero-order chi connectivity index (χ0) is 60.1. The summed E-state index contributed by atoms with van der Waals surface area (Å²) in [5, 5.41) is 22.8. The maximum atomic E-state index is 14.0.